The monoisotopic (exact) mass is 195 g/mol. The van der Waals surface area contributed by atoms with Crippen LogP contribution in [0, 0.1) is 0 Å². The molecule has 0 aromatic heterocycles. The fraction of sp³-hybridized carbons (Fsp3) is 0.455. The van der Waals surface area contributed by atoms with E-state index in [4.69, 9.17) is 11.6 Å². The van der Waals surface area contributed by atoms with Gasteiger partial charge < -0.3 is 5.32 Å². The first-order valence-electron chi connectivity index (χ1n) is 4.83. The number of benzene rings is 1. The van der Waals surface area contributed by atoms with Gasteiger partial charge in [-0.2, -0.15) is 0 Å². The molecule has 0 bridgehead atoms. The second-order valence-electron chi connectivity index (χ2n) is 3.46. The number of halogens is 1. The SMILES string of the molecule is CCc1c(Cl)cccc1C1CCN1. The Morgan fingerprint density at radius 1 is 1.54 bits per heavy atom. The molecule has 1 fully saturated rings. The molecule has 2 rings (SSSR count). The van der Waals surface area contributed by atoms with Crippen LogP contribution in [0.3, 0.4) is 0 Å². The molecule has 1 heterocycles. The predicted octanol–water partition coefficient (Wildman–Crippen LogP) is 2.94. The Balaban J connectivity index is 2.37. The maximum absolute atomic E-state index is 6.13. The summed E-state index contributed by atoms with van der Waals surface area (Å²) in [5, 5.41) is 4.32. The zero-order chi connectivity index (χ0) is 9.26. The molecule has 1 aromatic rings. The lowest BCUT2D eigenvalue weighted by Crippen LogP contribution is -2.35. The van der Waals surface area contributed by atoms with Crippen molar-refractivity contribution < 1.29 is 0 Å². The van der Waals surface area contributed by atoms with Gasteiger partial charge in [0.05, 0.1) is 0 Å². The molecule has 1 atom stereocenters. The quantitative estimate of drug-likeness (QED) is 0.765. The Morgan fingerprint density at radius 2 is 2.31 bits per heavy atom. The normalized spacial score (nSPS) is 21.2. The van der Waals surface area contributed by atoms with Crippen molar-refractivity contribution in [2.75, 3.05) is 6.54 Å². The Hall–Kier alpha value is -0.530. The molecule has 0 amide bonds. The molecule has 0 aliphatic carbocycles. The van der Waals surface area contributed by atoms with Crippen molar-refractivity contribution in [2.45, 2.75) is 25.8 Å². The highest BCUT2D eigenvalue weighted by atomic mass is 35.5. The molecular formula is C11H14ClN. The Bertz CT molecular complexity index is 305. The van der Waals surface area contributed by atoms with E-state index in [1.165, 1.54) is 17.5 Å². The predicted molar refractivity (Wildman–Crippen MR) is 56.2 cm³/mol. The highest BCUT2D eigenvalue weighted by molar-refractivity contribution is 6.31. The Morgan fingerprint density at radius 3 is 2.85 bits per heavy atom. The van der Waals surface area contributed by atoms with Crippen LogP contribution in [-0.4, -0.2) is 6.54 Å². The molecule has 1 nitrogen and oxygen atoms in total. The summed E-state index contributed by atoms with van der Waals surface area (Å²) in [5.74, 6) is 0. The van der Waals surface area contributed by atoms with Crippen LogP contribution in [0.15, 0.2) is 18.2 Å². The lowest BCUT2D eigenvalue weighted by atomic mass is 9.92. The maximum atomic E-state index is 6.13. The summed E-state index contributed by atoms with van der Waals surface area (Å²) in [6.45, 7) is 3.30. The van der Waals surface area contributed by atoms with E-state index in [0.717, 1.165) is 18.0 Å². The largest absolute Gasteiger partial charge is 0.310 e. The molecule has 0 saturated carbocycles. The van der Waals surface area contributed by atoms with Crippen LogP contribution in [0.2, 0.25) is 5.02 Å². The molecule has 1 aromatic carbocycles. The molecule has 70 valence electrons. The second-order valence-corrected chi connectivity index (χ2v) is 3.86. The van der Waals surface area contributed by atoms with Gasteiger partial charge in [-0.3, -0.25) is 0 Å². The van der Waals surface area contributed by atoms with Crippen molar-refractivity contribution >= 4 is 11.6 Å². The lowest BCUT2D eigenvalue weighted by molar-refractivity contribution is 0.381. The summed E-state index contributed by atoms with van der Waals surface area (Å²) in [5.41, 5.74) is 2.70. The van der Waals surface area contributed by atoms with Crippen LogP contribution < -0.4 is 5.32 Å². The number of nitrogens with one attached hydrogen (secondary N) is 1. The fourth-order valence-electron chi connectivity index (χ4n) is 1.83. The Labute approximate surface area is 84.1 Å². The third-order valence-corrected chi connectivity index (χ3v) is 3.06. The van der Waals surface area contributed by atoms with Crippen molar-refractivity contribution in [3.05, 3.63) is 34.3 Å². The van der Waals surface area contributed by atoms with Gasteiger partial charge in [-0.15, -0.1) is 0 Å². The minimum absolute atomic E-state index is 0.550. The van der Waals surface area contributed by atoms with E-state index in [9.17, 15) is 0 Å². The fourth-order valence-corrected chi connectivity index (χ4v) is 2.14. The summed E-state index contributed by atoms with van der Waals surface area (Å²) in [7, 11) is 0. The van der Waals surface area contributed by atoms with E-state index >= 15 is 0 Å². The van der Waals surface area contributed by atoms with Crippen molar-refractivity contribution in [1.82, 2.24) is 5.32 Å². The smallest absolute Gasteiger partial charge is 0.0441 e. The second kappa shape index (κ2) is 3.69. The first kappa shape index (κ1) is 9.04. The topological polar surface area (TPSA) is 12.0 Å². The van der Waals surface area contributed by atoms with E-state index in [0.29, 0.717) is 6.04 Å². The van der Waals surface area contributed by atoms with E-state index in [2.05, 4.69) is 18.3 Å². The van der Waals surface area contributed by atoms with Crippen molar-refractivity contribution in [3.8, 4) is 0 Å². The molecule has 0 spiro atoms. The van der Waals surface area contributed by atoms with Crippen LogP contribution in [0.25, 0.3) is 0 Å². The van der Waals surface area contributed by atoms with Gasteiger partial charge in [-0.05, 0) is 36.6 Å². The van der Waals surface area contributed by atoms with Crippen molar-refractivity contribution in [1.29, 1.82) is 0 Å². The molecule has 2 heteroatoms. The first-order valence-corrected chi connectivity index (χ1v) is 5.21. The van der Waals surface area contributed by atoms with E-state index in [1.807, 2.05) is 12.1 Å². The number of hydrogen-bond donors (Lipinski definition) is 1. The van der Waals surface area contributed by atoms with Crippen LogP contribution >= 0.6 is 11.6 Å². The molecule has 1 saturated heterocycles. The highest BCUT2D eigenvalue weighted by Gasteiger charge is 2.21. The summed E-state index contributed by atoms with van der Waals surface area (Å²) >= 11 is 6.13. The van der Waals surface area contributed by atoms with Gasteiger partial charge in [0.2, 0.25) is 0 Å². The standard InChI is InChI=1S/C11H14ClN/c1-2-8-9(11-6-7-13-11)4-3-5-10(8)12/h3-5,11,13H,2,6-7H2,1H3. The van der Waals surface area contributed by atoms with Gasteiger partial charge in [0, 0.05) is 11.1 Å². The van der Waals surface area contributed by atoms with Crippen molar-refractivity contribution in [3.63, 3.8) is 0 Å². The van der Waals surface area contributed by atoms with Crippen LogP contribution in [-0.2, 0) is 6.42 Å². The average Bonchev–Trinajstić information content (AvgIpc) is 2.01. The highest BCUT2D eigenvalue weighted by Crippen LogP contribution is 2.30. The molecule has 1 unspecified atom stereocenters. The minimum Gasteiger partial charge on any atom is -0.310 e. The molecule has 1 aliphatic rings. The molecule has 1 N–H and O–H groups in total. The summed E-state index contributed by atoms with van der Waals surface area (Å²) in [6, 6.07) is 6.75. The van der Waals surface area contributed by atoms with E-state index < -0.39 is 0 Å². The van der Waals surface area contributed by atoms with Gasteiger partial charge in [-0.25, -0.2) is 0 Å². The number of hydrogen-bond acceptors (Lipinski definition) is 1. The molecular weight excluding hydrogens is 182 g/mol. The maximum Gasteiger partial charge on any atom is 0.0441 e. The van der Waals surface area contributed by atoms with E-state index in [-0.39, 0.29) is 0 Å². The van der Waals surface area contributed by atoms with Gasteiger partial charge in [0.25, 0.3) is 0 Å². The van der Waals surface area contributed by atoms with Crippen LogP contribution in [0.1, 0.15) is 30.5 Å². The lowest BCUT2D eigenvalue weighted by Gasteiger charge is -2.30. The molecule has 13 heavy (non-hydrogen) atoms. The third kappa shape index (κ3) is 1.59. The summed E-state index contributed by atoms with van der Waals surface area (Å²) < 4.78 is 0. The van der Waals surface area contributed by atoms with Gasteiger partial charge in [-0.1, -0.05) is 30.7 Å². The van der Waals surface area contributed by atoms with Gasteiger partial charge in [0.1, 0.15) is 0 Å². The van der Waals surface area contributed by atoms with Crippen LogP contribution in [0.4, 0.5) is 0 Å². The first-order chi connectivity index (χ1) is 6.33. The molecule has 0 radical (unpaired) electrons. The minimum atomic E-state index is 0.550. The van der Waals surface area contributed by atoms with Gasteiger partial charge >= 0.3 is 0 Å². The van der Waals surface area contributed by atoms with Crippen LogP contribution in [0.5, 0.6) is 0 Å². The summed E-state index contributed by atoms with van der Waals surface area (Å²) in [6.07, 6.45) is 2.26. The Kier molecular flexibility index (Phi) is 2.56. The molecule has 1 aliphatic heterocycles. The van der Waals surface area contributed by atoms with Crippen molar-refractivity contribution in [2.24, 2.45) is 0 Å². The van der Waals surface area contributed by atoms with E-state index in [1.54, 1.807) is 0 Å². The summed E-state index contributed by atoms with van der Waals surface area (Å²) in [4.78, 5) is 0. The third-order valence-electron chi connectivity index (χ3n) is 2.71. The zero-order valence-electron chi connectivity index (χ0n) is 7.81. The number of rotatable bonds is 2. The zero-order valence-corrected chi connectivity index (χ0v) is 8.56. The van der Waals surface area contributed by atoms with Gasteiger partial charge in [0.15, 0.2) is 0 Å². The average molecular weight is 196 g/mol.